The number of aromatic nitrogens is 2. The maximum Gasteiger partial charge on any atom is 0.272 e. The second-order valence-electron chi connectivity index (χ2n) is 6.84. The molecule has 2 aliphatic heterocycles. The van der Waals surface area contributed by atoms with Gasteiger partial charge in [-0.05, 0) is 37.4 Å². The zero-order chi connectivity index (χ0) is 16.5. The molecule has 0 spiro atoms. The van der Waals surface area contributed by atoms with Gasteiger partial charge in [0.05, 0.1) is 6.04 Å². The van der Waals surface area contributed by atoms with Crippen molar-refractivity contribution in [1.82, 2.24) is 20.0 Å². The fraction of sp³-hybridized carbons (Fsp3) is 0.474. The first kappa shape index (κ1) is 15.4. The van der Waals surface area contributed by atoms with Gasteiger partial charge in [0, 0.05) is 25.3 Å². The molecule has 2 aliphatic rings. The maximum atomic E-state index is 13.3. The minimum Gasteiger partial charge on any atom is -0.326 e. The Hall–Kier alpha value is -2.14. The van der Waals surface area contributed by atoms with Gasteiger partial charge in [0.25, 0.3) is 5.91 Å². The van der Waals surface area contributed by atoms with Crippen LogP contribution >= 0.6 is 0 Å². The molecule has 0 aliphatic carbocycles. The number of hydrogen-bond acceptors (Lipinski definition) is 3. The Morgan fingerprint density at radius 1 is 1.21 bits per heavy atom. The van der Waals surface area contributed by atoms with Gasteiger partial charge in [0.15, 0.2) is 0 Å². The molecule has 5 nitrogen and oxygen atoms in total. The SMILES string of the molecule is Cn1nccc1C(=O)N1[C@H](c2ccccc2)C[C@H]2NCCCC[C@@H]21. The molecule has 3 atom stereocenters. The number of nitrogens with one attached hydrogen (secondary N) is 1. The van der Waals surface area contributed by atoms with Crippen LogP contribution in [0.15, 0.2) is 42.6 Å². The van der Waals surface area contributed by atoms with Crippen molar-refractivity contribution in [3.63, 3.8) is 0 Å². The van der Waals surface area contributed by atoms with E-state index >= 15 is 0 Å². The summed E-state index contributed by atoms with van der Waals surface area (Å²) in [5.41, 5.74) is 1.89. The molecular weight excluding hydrogens is 300 g/mol. The Balaban J connectivity index is 1.72. The fourth-order valence-electron chi connectivity index (χ4n) is 4.24. The van der Waals surface area contributed by atoms with Crippen LogP contribution in [0.3, 0.4) is 0 Å². The Kier molecular flexibility index (Phi) is 4.10. The van der Waals surface area contributed by atoms with Gasteiger partial charge in [0.1, 0.15) is 5.69 Å². The van der Waals surface area contributed by atoms with Crippen LogP contribution in [0.4, 0.5) is 0 Å². The fourth-order valence-corrected chi connectivity index (χ4v) is 4.24. The van der Waals surface area contributed by atoms with Crippen molar-refractivity contribution in [2.24, 2.45) is 7.05 Å². The van der Waals surface area contributed by atoms with E-state index in [1.165, 1.54) is 18.4 Å². The van der Waals surface area contributed by atoms with Crippen LogP contribution in [0.25, 0.3) is 0 Å². The van der Waals surface area contributed by atoms with Gasteiger partial charge in [-0.15, -0.1) is 0 Å². The van der Waals surface area contributed by atoms with E-state index in [9.17, 15) is 4.79 Å². The summed E-state index contributed by atoms with van der Waals surface area (Å²) in [7, 11) is 1.84. The number of carbonyl (C=O) groups excluding carboxylic acids is 1. The topological polar surface area (TPSA) is 50.2 Å². The first-order valence-corrected chi connectivity index (χ1v) is 8.84. The summed E-state index contributed by atoms with van der Waals surface area (Å²) < 4.78 is 1.68. The third kappa shape index (κ3) is 2.63. The van der Waals surface area contributed by atoms with Gasteiger partial charge in [-0.25, -0.2) is 0 Å². The zero-order valence-corrected chi connectivity index (χ0v) is 14.1. The average Bonchev–Trinajstić information content (AvgIpc) is 3.12. The van der Waals surface area contributed by atoms with E-state index in [0.717, 1.165) is 19.4 Å². The molecule has 1 aromatic carbocycles. The van der Waals surface area contributed by atoms with E-state index in [4.69, 9.17) is 0 Å². The van der Waals surface area contributed by atoms with Crippen molar-refractivity contribution < 1.29 is 4.79 Å². The van der Waals surface area contributed by atoms with Crippen LogP contribution in [0.5, 0.6) is 0 Å². The molecule has 0 saturated carbocycles. The minimum atomic E-state index is 0.0973. The van der Waals surface area contributed by atoms with Crippen LogP contribution in [-0.4, -0.2) is 39.2 Å². The largest absolute Gasteiger partial charge is 0.326 e. The van der Waals surface area contributed by atoms with Crippen molar-refractivity contribution >= 4 is 5.91 Å². The third-order valence-corrected chi connectivity index (χ3v) is 5.43. The minimum absolute atomic E-state index is 0.0973. The Morgan fingerprint density at radius 3 is 2.79 bits per heavy atom. The summed E-state index contributed by atoms with van der Waals surface area (Å²) in [5.74, 6) is 0.0973. The summed E-state index contributed by atoms with van der Waals surface area (Å²) >= 11 is 0. The molecule has 126 valence electrons. The van der Waals surface area contributed by atoms with E-state index in [0.29, 0.717) is 11.7 Å². The van der Waals surface area contributed by atoms with Crippen molar-refractivity contribution in [2.45, 2.75) is 43.8 Å². The van der Waals surface area contributed by atoms with Gasteiger partial charge < -0.3 is 10.2 Å². The van der Waals surface area contributed by atoms with Crippen molar-refractivity contribution in [1.29, 1.82) is 0 Å². The first-order valence-electron chi connectivity index (χ1n) is 8.84. The second-order valence-corrected chi connectivity index (χ2v) is 6.84. The number of likely N-dealkylation sites (tertiary alicyclic amines) is 1. The maximum absolute atomic E-state index is 13.3. The van der Waals surface area contributed by atoms with Crippen molar-refractivity contribution in [3.05, 3.63) is 53.9 Å². The lowest BCUT2D eigenvalue weighted by molar-refractivity contribution is 0.0638. The molecule has 1 aromatic heterocycles. The lowest BCUT2D eigenvalue weighted by atomic mass is 10.0. The van der Waals surface area contributed by atoms with E-state index in [1.807, 2.05) is 19.2 Å². The molecule has 24 heavy (non-hydrogen) atoms. The highest BCUT2D eigenvalue weighted by Crippen LogP contribution is 2.40. The van der Waals surface area contributed by atoms with Crippen LogP contribution in [0.2, 0.25) is 0 Å². The van der Waals surface area contributed by atoms with Crippen LogP contribution in [0.1, 0.15) is 47.8 Å². The van der Waals surface area contributed by atoms with Crippen molar-refractivity contribution in [3.8, 4) is 0 Å². The predicted molar refractivity (Wildman–Crippen MR) is 92.6 cm³/mol. The van der Waals surface area contributed by atoms with Crippen LogP contribution in [-0.2, 0) is 7.05 Å². The number of carbonyl (C=O) groups is 1. The highest BCUT2D eigenvalue weighted by Gasteiger charge is 2.45. The van der Waals surface area contributed by atoms with Crippen molar-refractivity contribution in [2.75, 3.05) is 6.54 Å². The molecular formula is C19H24N4O. The Bertz CT molecular complexity index is 711. The average molecular weight is 324 g/mol. The van der Waals surface area contributed by atoms with Gasteiger partial charge in [-0.3, -0.25) is 9.48 Å². The highest BCUT2D eigenvalue weighted by molar-refractivity contribution is 5.93. The zero-order valence-electron chi connectivity index (χ0n) is 14.1. The first-order chi connectivity index (χ1) is 11.8. The highest BCUT2D eigenvalue weighted by atomic mass is 16.2. The number of fused-ring (bicyclic) bond motifs is 1. The molecule has 2 aromatic rings. The monoisotopic (exact) mass is 324 g/mol. The van der Waals surface area contributed by atoms with E-state index in [-0.39, 0.29) is 18.0 Å². The van der Waals surface area contributed by atoms with E-state index < -0.39 is 0 Å². The van der Waals surface area contributed by atoms with E-state index in [1.54, 1.807) is 10.9 Å². The molecule has 5 heteroatoms. The molecule has 0 bridgehead atoms. The standard InChI is InChI=1S/C19H24N4O/c1-22-17(10-12-21-22)19(24)23-16-9-5-6-11-20-15(16)13-18(23)14-7-3-2-4-8-14/h2-4,7-8,10,12,15-16,18,20H,5-6,9,11,13H2,1H3/t15-,16+,18+/m1/s1. The number of hydrogen-bond donors (Lipinski definition) is 1. The molecule has 2 saturated heterocycles. The number of nitrogens with zero attached hydrogens (tertiary/aromatic N) is 3. The number of aryl methyl sites for hydroxylation is 1. The molecule has 1 amide bonds. The molecule has 2 fully saturated rings. The van der Waals surface area contributed by atoms with Gasteiger partial charge in [0.2, 0.25) is 0 Å². The summed E-state index contributed by atoms with van der Waals surface area (Å²) in [6.07, 6.45) is 6.12. The van der Waals surface area contributed by atoms with Gasteiger partial charge >= 0.3 is 0 Å². The quantitative estimate of drug-likeness (QED) is 0.923. The molecule has 0 radical (unpaired) electrons. The molecule has 3 heterocycles. The predicted octanol–water partition coefficient (Wildman–Crippen LogP) is 2.52. The van der Waals surface area contributed by atoms with Crippen LogP contribution < -0.4 is 5.32 Å². The number of benzene rings is 1. The third-order valence-electron chi connectivity index (χ3n) is 5.43. The van der Waals surface area contributed by atoms with Gasteiger partial charge in [-0.2, -0.15) is 5.10 Å². The smallest absolute Gasteiger partial charge is 0.272 e. The Morgan fingerprint density at radius 2 is 2.04 bits per heavy atom. The van der Waals surface area contributed by atoms with E-state index in [2.05, 4.69) is 39.6 Å². The summed E-state index contributed by atoms with van der Waals surface area (Å²) in [6.45, 7) is 1.05. The Labute approximate surface area is 142 Å². The summed E-state index contributed by atoms with van der Waals surface area (Å²) in [4.78, 5) is 15.4. The molecule has 0 unspecified atom stereocenters. The second kappa shape index (κ2) is 6.40. The lowest BCUT2D eigenvalue weighted by Crippen LogP contribution is -2.44. The van der Waals surface area contributed by atoms with Gasteiger partial charge in [-0.1, -0.05) is 36.8 Å². The molecule has 1 N–H and O–H groups in total. The summed E-state index contributed by atoms with van der Waals surface area (Å²) in [5, 5.41) is 7.85. The summed E-state index contributed by atoms with van der Waals surface area (Å²) in [6, 6.07) is 13.0. The normalized spacial score (nSPS) is 26.9. The number of amides is 1. The lowest BCUT2D eigenvalue weighted by Gasteiger charge is -2.31. The van der Waals surface area contributed by atoms with Crippen LogP contribution in [0, 0.1) is 0 Å². The molecule has 4 rings (SSSR count). The number of rotatable bonds is 2.